The monoisotopic (exact) mass is 269 g/mol. The van der Waals surface area contributed by atoms with E-state index in [4.69, 9.17) is 20.3 Å². The summed E-state index contributed by atoms with van der Waals surface area (Å²) in [5.74, 6) is 0.402. The number of carboxylic acid groups (broad SMARTS) is 1. The standard InChI is InChI=1S/C12H15NO4S/c1-18-11-7(6-8(13)12(14)15)2-3-9-10(11)17-5-4-16-9/h2-3,8H,4-6,13H2,1H3,(H,14,15). The van der Waals surface area contributed by atoms with Gasteiger partial charge in [0.05, 0.1) is 4.90 Å². The van der Waals surface area contributed by atoms with E-state index in [-0.39, 0.29) is 6.42 Å². The molecule has 98 valence electrons. The number of rotatable bonds is 4. The quantitative estimate of drug-likeness (QED) is 0.798. The van der Waals surface area contributed by atoms with Gasteiger partial charge in [0.2, 0.25) is 0 Å². The van der Waals surface area contributed by atoms with Gasteiger partial charge in [-0.1, -0.05) is 6.07 Å². The largest absolute Gasteiger partial charge is 0.486 e. The molecule has 0 amide bonds. The van der Waals surface area contributed by atoms with E-state index in [0.717, 1.165) is 10.5 Å². The molecule has 3 N–H and O–H groups in total. The van der Waals surface area contributed by atoms with E-state index in [9.17, 15) is 4.79 Å². The molecular formula is C12H15NO4S. The number of nitrogens with two attached hydrogens (primary N) is 1. The van der Waals surface area contributed by atoms with Crippen molar-refractivity contribution in [3.63, 3.8) is 0 Å². The SMILES string of the molecule is CSc1c(CC(N)C(=O)O)ccc2c1OCCO2. The van der Waals surface area contributed by atoms with Gasteiger partial charge in [0.15, 0.2) is 11.5 Å². The van der Waals surface area contributed by atoms with Gasteiger partial charge in [0, 0.05) is 0 Å². The van der Waals surface area contributed by atoms with Crippen LogP contribution in [-0.2, 0) is 11.2 Å². The number of ether oxygens (including phenoxy) is 2. The lowest BCUT2D eigenvalue weighted by Gasteiger charge is -2.22. The molecule has 5 nitrogen and oxygen atoms in total. The van der Waals surface area contributed by atoms with Gasteiger partial charge < -0.3 is 20.3 Å². The van der Waals surface area contributed by atoms with Crippen LogP contribution in [0.4, 0.5) is 0 Å². The molecule has 6 heteroatoms. The summed E-state index contributed by atoms with van der Waals surface area (Å²) in [4.78, 5) is 11.7. The van der Waals surface area contributed by atoms with Crippen LogP contribution >= 0.6 is 11.8 Å². The minimum atomic E-state index is -1.00. The van der Waals surface area contributed by atoms with Crippen LogP contribution in [0.3, 0.4) is 0 Å². The predicted molar refractivity (Wildman–Crippen MR) is 68.5 cm³/mol. The first-order chi connectivity index (χ1) is 8.63. The molecular weight excluding hydrogens is 254 g/mol. The lowest BCUT2D eigenvalue weighted by atomic mass is 10.1. The molecule has 1 atom stereocenters. The zero-order valence-electron chi connectivity index (χ0n) is 10.0. The van der Waals surface area contributed by atoms with Crippen LogP contribution in [0, 0.1) is 0 Å². The van der Waals surface area contributed by atoms with Crippen molar-refractivity contribution in [1.29, 1.82) is 0 Å². The van der Waals surface area contributed by atoms with E-state index >= 15 is 0 Å². The average Bonchev–Trinajstić information content (AvgIpc) is 2.38. The van der Waals surface area contributed by atoms with Crippen molar-refractivity contribution in [3.8, 4) is 11.5 Å². The van der Waals surface area contributed by atoms with Crippen LogP contribution < -0.4 is 15.2 Å². The second-order valence-corrected chi connectivity index (χ2v) is 4.75. The van der Waals surface area contributed by atoms with Crippen molar-refractivity contribution in [3.05, 3.63) is 17.7 Å². The van der Waals surface area contributed by atoms with Gasteiger partial charge in [0.1, 0.15) is 19.3 Å². The fourth-order valence-corrected chi connectivity index (χ4v) is 2.60. The first kappa shape index (κ1) is 13.0. The van der Waals surface area contributed by atoms with Crippen LogP contribution in [0.15, 0.2) is 17.0 Å². The maximum absolute atomic E-state index is 10.8. The van der Waals surface area contributed by atoms with Crippen molar-refractivity contribution in [2.24, 2.45) is 5.73 Å². The molecule has 0 aliphatic carbocycles. The average molecular weight is 269 g/mol. The van der Waals surface area contributed by atoms with Gasteiger partial charge in [-0.25, -0.2) is 0 Å². The minimum Gasteiger partial charge on any atom is -0.486 e. The highest BCUT2D eigenvalue weighted by Gasteiger charge is 2.21. The zero-order chi connectivity index (χ0) is 13.1. The molecule has 0 saturated heterocycles. The Balaban J connectivity index is 2.33. The summed E-state index contributed by atoms with van der Waals surface area (Å²) in [5.41, 5.74) is 6.44. The first-order valence-corrected chi connectivity index (χ1v) is 6.79. The van der Waals surface area contributed by atoms with Crippen molar-refractivity contribution < 1.29 is 19.4 Å². The second-order valence-electron chi connectivity index (χ2n) is 3.93. The molecule has 1 heterocycles. The Hall–Kier alpha value is -1.40. The summed E-state index contributed by atoms with van der Waals surface area (Å²) in [7, 11) is 0. The molecule has 1 aromatic rings. The summed E-state index contributed by atoms with van der Waals surface area (Å²) in [6, 6.07) is 2.75. The summed E-state index contributed by atoms with van der Waals surface area (Å²) in [6.45, 7) is 1.05. The maximum atomic E-state index is 10.8. The molecule has 1 aliphatic rings. The molecule has 2 rings (SSSR count). The predicted octanol–water partition coefficient (Wildman–Crippen LogP) is 1.13. The number of carbonyl (C=O) groups is 1. The highest BCUT2D eigenvalue weighted by atomic mass is 32.2. The first-order valence-electron chi connectivity index (χ1n) is 5.57. The van der Waals surface area contributed by atoms with Crippen LogP contribution in [-0.4, -0.2) is 36.6 Å². The molecule has 1 aliphatic heterocycles. The Bertz CT molecular complexity index is 464. The molecule has 0 radical (unpaired) electrons. The Morgan fingerprint density at radius 2 is 2.22 bits per heavy atom. The Morgan fingerprint density at radius 1 is 1.50 bits per heavy atom. The minimum absolute atomic E-state index is 0.280. The maximum Gasteiger partial charge on any atom is 0.320 e. The Kier molecular flexibility index (Phi) is 3.98. The normalized spacial score (nSPS) is 15.2. The molecule has 0 fully saturated rings. The Morgan fingerprint density at radius 3 is 2.89 bits per heavy atom. The molecule has 1 unspecified atom stereocenters. The fourth-order valence-electron chi connectivity index (χ4n) is 1.84. The van der Waals surface area contributed by atoms with Crippen molar-refractivity contribution in [2.45, 2.75) is 17.4 Å². The third-order valence-electron chi connectivity index (χ3n) is 2.71. The number of hydrogen-bond donors (Lipinski definition) is 2. The summed E-state index contributed by atoms with van der Waals surface area (Å²) >= 11 is 1.51. The topological polar surface area (TPSA) is 81.8 Å². The summed E-state index contributed by atoms with van der Waals surface area (Å²) < 4.78 is 11.1. The van der Waals surface area contributed by atoms with Crippen LogP contribution in [0.1, 0.15) is 5.56 Å². The molecule has 0 saturated carbocycles. The number of hydrogen-bond acceptors (Lipinski definition) is 5. The van der Waals surface area contributed by atoms with E-state index in [1.54, 1.807) is 6.07 Å². The van der Waals surface area contributed by atoms with E-state index in [1.807, 2.05) is 12.3 Å². The molecule has 18 heavy (non-hydrogen) atoms. The van der Waals surface area contributed by atoms with Crippen molar-refractivity contribution in [2.75, 3.05) is 19.5 Å². The number of fused-ring (bicyclic) bond motifs is 1. The fraction of sp³-hybridized carbons (Fsp3) is 0.417. The van der Waals surface area contributed by atoms with Crippen LogP contribution in [0.25, 0.3) is 0 Å². The van der Waals surface area contributed by atoms with Crippen molar-refractivity contribution in [1.82, 2.24) is 0 Å². The molecule has 0 spiro atoms. The zero-order valence-corrected chi connectivity index (χ0v) is 10.8. The second kappa shape index (κ2) is 5.49. The van der Waals surface area contributed by atoms with Crippen LogP contribution in [0.5, 0.6) is 11.5 Å². The smallest absolute Gasteiger partial charge is 0.320 e. The summed E-state index contributed by atoms with van der Waals surface area (Å²) in [6.07, 6.45) is 2.20. The van der Waals surface area contributed by atoms with E-state index in [0.29, 0.717) is 24.7 Å². The third-order valence-corrected chi connectivity index (χ3v) is 3.56. The number of benzene rings is 1. The highest BCUT2D eigenvalue weighted by Crippen LogP contribution is 2.41. The third kappa shape index (κ3) is 2.54. The number of carboxylic acids is 1. The van der Waals surface area contributed by atoms with E-state index in [2.05, 4.69) is 0 Å². The molecule has 0 bridgehead atoms. The van der Waals surface area contributed by atoms with Crippen molar-refractivity contribution >= 4 is 17.7 Å². The number of thioether (sulfide) groups is 1. The lowest BCUT2D eigenvalue weighted by Crippen LogP contribution is -2.32. The van der Waals surface area contributed by atoms with Gasteiger partial charge in [0.25, 0.3) is 0 Å². The highest BCUT2D eigenvalue weighted by molar-refractivity contribution is 7.98. The Labute approximate surface area is 109 Å². The van der Waals surface area contributed by atoms with Crippen LogP contribution in [0.2, 0.25) is 0 Å². The summed E-state index contributed by atoms with van der Waals surface area (Å²) in [5, 5.41) is 8.86. The number of aliphatic carboxylic acids is 1. The molecule has 0 aromatic heterocycles. The lowest BCUT2D eigenvalue weighted by molar-refractivity contribution is -0.138. The van der Waals surface area contributed by atoms with Gasteiger partial charge in [-0.15, -0.1) is 11.8 Å². The van der Waals surface area contributed by atoms with E-state index in [1.165, 1.54) is 11.8 Å². The van der Waals surface area contributed by atoms with Gasteiger partial charge >= 0.3 is 5.97 Å². The van der Waals surface area contributed by atoms with Gasteiger partial charge in [-0.3, -0.25) is 4.79 Å². The van der Waals surface area contributed by atoms with E-state index < -0.39 is 12.0 Å². The van der Waals surface area contributed by atoms with Gasteiger partial charge in [-0.2, -0.15) is 0 Å². The molecule has 1 aromatic carbocycles. The van der Waals surface area contributed by atoms with Gasteiger partial charge in [-0.05, 0) is 24.3 Å².